The normalized spacial score (nSPS) is 10.1. The van der Waals surface area contributed by atoms with Gasteiger partial charge in [-0.2, -0.15) is 0 Å². The van der Waals surface area contributed by atoms with Crippen LogP contribution in [0.4, 0.5) is 5.82 Å². The third kappa shape index (κ3) is 2.00. The van der Waals surface area contributed by atoms with E-state index in [-0.39, 0.29) is 11.5 Å². The van der Waals surface area contributed by atoms with E-state index >= 15 is 0 Å². The van der Waals surface area contributed by atoms with Gasteiger partial charge in [0.15, 0.2) is 0 Å². The molecule has 0 saturated heterocycles. The van der Waals surface area contributed by atoms with Crippen LogP contribution in [0.3, 0.4) is 0 Å². The molecule has 2 rings (SSSR count). The second-order valence-electron chi connectivity index (χ2n) is 3.48. The molecule has 6 nitrogen and oxygen atoms in total. The van der Waals surface area contributed by atoms with Crippen LogP contribution in [0.2, 0.25) is 0 Å². The van der Waals surface area contributed by atoms with E-state index in [1.807, 2.05) is 0 Å². The van der Waals surface area contributed by atoms with Crippen molar-refractivity contribution in [3.8, 4) is 0 Å². The van der Waals surface area contributed by atoms with Gasteiger partial charge < -0.3 is 16.5 Å². The third-order valence-corrected chi connectivity index (χ3v) is 2.34. The summed E-state index contributed by atoms with van der Waals surface area (Å²) in [5.74, 6) is -0.271. The minimum atomic E-state index is -0.542. The predicted octanol–water partition coefficient (Wildman–Crippen LogP) is 0.507. The highest BCUT2D eigenvalue weighted by Gasteiger charge is 2.12. The van der Waals surface area contributed by atoms with Crippen LogP contribution < -0.4 is 11.5 Å². The van der Waals surface area contributed by atoms with E-state index in [1.54, 1.807) is 18.3 Å². The summed E-state index contributed by atoms with van der Waals surface area (Å²) in [4.78, 5) is 17.6. The SMILES string of the molecule is N=C(c1cc(C(N)=O)c[nH]1)c1cccnc1N. The molecular formula is C11H11N5O. The van der Waals surface area contributed by atoms with E-state index in [2.05, 4.69) is 9.97 Å². The Hall–Kier alpha value is -2.63. The van der Waals surface area contributed by atoms with Crippen molar-refractivity contribution in [1.82, 2.24) is 9.97 Å². The highest BCUT2D eigenvalue weighted by molar-refractivity contribution is 6.13. The van der Waals surface area contributed by atoms with Gasteiger partial charge in [0.1, 0.15) is 5.82 Å². The number of nitrogen functional groups attached to an aromatic ring is 1. The van der Waals surface area contributed by atoms with Crippen molar-refractivity contribution in [2.75, 3.05) is 5.73 Å². The first kappa shape index (κ1) is 10.9. The van der Waals surface area contributed by atoms with E-state index in [0.29, 0.717) is 16.8 Å². The first-order valence-electron chi connectivity index (χ1n) is 4.87. The Labute approximate surface area is 97.2 Å². The number of carbonyl (C=O) groups is 1. The number of carbonyl (C=O) groups excluding carboxylic acids is 1. The number of anilines is 1. The lowest BCUT2D eigenvalue weighted by molar-refractivity contribution is 0.100. The fourth-order valence-electron chi connectivity index (χ4n) is 1.45. The number of nitrogens with zero attached hydrogens (tertiary/aromatic N) is 1. The lowest BCUT2D eigenvalue weighted by Crippen LogP contribution is -2.10. The summed E-state index contributed by atoms with van der Waals surface area (Å²) in [6.45, 7) is 0. The molecule has 1 amide bonds. The lowest BCUT2D eigenvalue weighted by atomic mass is 10.1. The molecule has 0 aliphatic rings. The Morgan fingerprint density at radius 3 is 2.82 bits per heavy atom. The maximum Gasteiger partial charge on any atom is 0.250 e. The summed E-state index contributed by atoms with van der Waals surface area (Å²) in [7, 11) is 0. The molecule has 0 aliphatic heterocycles. The van der Waals surface area contributed by atoms with Crippen molar-refractivity contribution in [1.29, 1.82) is 5.41 Å². The zero-order valence-corrected chi connectivity index (χ0v) is 8.90. The number of nitrogens with one attached hydrogen (secondary N) is 2. The van der Waals surface area contributed by atoms with Crippen molar-refractivity contribution in [3.63, 3.8) is 0 Å². The van der Waals surface area contributed by atoms with Crippen molar-refractivity contribution < 1.29 is 4.79 Å². The van der Waals surface area contributed by atoms with Crippen molar-refractivity contribution >= 4 is 17.4 Å². The van der Waals surface area contributed by atoms with Crippen LogP contribution in [0, 0.1) is 5.41 Å². The minimum Gasteiger partial charge on any atom is -0.383 e. The molecule has 6 heteroatoms. The average Bonchev–Trinajstić information content (AvgIpc) is 2.78. The van der Waals surface area contributed by atoms with Gasteiger partial charge in [0.2, 0.25) is 5.91 Å². The van der Waals surface area contributed by atoms with Crippen LogP contribution >= 0.6 is 0 Å². The lowest BCUT2D eigenvalue weighted by Gasteiger charge is -2.03. The molecule has 86 valence electrons. The molecule has 0 saturated carbocycles. The van der Waals surface area contributed by atoms with Gasteiger partial charge >= 0.3 is 0 Å². The number of hydrogen-bond acceptors (Lipinski definition) is 4. The number of amides is 1. The monoisotopic (exact) mass is 229 g/mol. The Balaban J connectivity index is 2.37. The number of nitrogens with two attached hydrogens (primary N) is 2. The van der Waals surface area contributed by atoms with E-state index < -0.39 is 5.91 Å². The smallest absolute Gasteiger partial charge is 0.250 e. The molecule has 17 heavy (non-hydrogen) atoms. The number of primary amides is 1. The van der Waals surface area contributed by atoms with Crippen molar-refractivity contribution in [2.24, 2.45) is 5.73 Å². The molecule has 0 spiro atoms. The predicted molar refractivity (Wildman–Crippen MR) is 63.9 cm³/mol. The Kier molecular flexibility index (Phi) is 2.61. The standard InChI is InChI=1S/C11H11N5O/c12-9(7-2-1-3-15-10(7)13)8-4-6(5-16-8)11(14)17/h1-5,12,16H,(H2,13,15)(H2,14,17). The first-order valence-corrected chi connectivity index (χ1v) is 4.87. The molecule has 0 aliphatic carbocycles. The van der Waals surface area contributed by atoms with Crippen LogP contribution in [-0.4, -0.2) is 21.6 Å². The number of aromatic amines is 1. The Morgan fingerprint density at radius 2 is 2.24 bits per heavy atom. The van der Waals surface area contributed by atoms with Crippen LogP contribution in [0.1, 0.15) is 21.6 Å². The van der Waals surface area contributed by atoms with Crippen molar-refractivity contribution in [3.05, 3.63) is 47.4 Å². The molecule has 2 heterocycles. The topological polar surface area (TPSA) is 122 Å². The van der Waals surface area contributed by atoms with Crippen LogP contribution in [-0.2, 0) is 0 Å². The molecule has 0 unspecified atom stereocenters. The largest absolute Gasteiger partial charge is 0.383 e. The molecule has 0 aromatic carbocycles. The summed E-state index contributed by atoms with van der Waals surface area (Å²) in [5, 5.41) is 7.96. The summed E-state index contributed by atoms with van der Waals surface area (Å²) in [6, 6.07) is 4.89. The second-order valence-corrected chi connectivity index (χ2v) is 3.48. The Morgan fingerprint density at radius 1 is 1.47 bits per heavy atom. The summed E-state index contributed by atoms with van der Waals surface area (Å²) in [5.41, 5.74) is 12.3. The van der Waals surface area contributed by atoms with Gasteiger partial charge in [-0.1, -0.05) is 0 Å². The van der Waals surface area contributed by atoms with Crippen LogP contribution in [0.25, 0.3) is 0 Å². The van der Waals surface area contributed by atoms with E-state index in [4.69, 9.17) is 16.9 Å². The zero-order valence-electron chi connectivity index (χ0n) is 8.90. The molecule has 2 aromatic rings. The number of H-pyrrole nitrogens is 1. The molecule has 2 aromatic heterocycles. The van der Waals surface area contributed by atoms with Gasteiger partial charge in [-0.25, -0.2) is 4.98 Å². The summed E-state index contributed by atoms with van der Waals surface area (Å²) < 4.78 is 0. The van der Waals surface area contributed by atoms with Gasteiger partial charge in [-0.05, 0) is 18.2 Å². The molecule has 0 radical (unpaired) electrons. The summed E-state index contributed by atoms with van der Waals surface area (Å²) in [6.07, 6.45) is 3.01. The van der Waals surface area contributed by atoms with Gasteiger partial charge in [-0.3, -0.25) is 10.2 Å². The van der Waals surface area contributed by atoms with Crippen molar-refractivity contribution in [2.45, 2.75) is 0 Å². The fraction of sp³-hybridized carbons (Fsp3) is 0. The summed E-state index contributed by atoms with van der Waals surface area (Å²) >= 11 is 0. The van der Waals surface area contributed by atoms with Crippen LogP contribution in [0.5, 0.6) is 0 Å². The first-order chi connectivity index (χ1) is 8.09. The molecule has 0 bridgehead atoms. The zero-order chi connectivity index (χ0) is 12.4. The number of hydrogen-bond donors (Lipinski definition) is 4. The fourth-order valence-corrected chi connectivity index (χ4v) is 1.45. The highest BCUT2D eigenvalue weighted by Crippen LogP contribution is 2.14. The van der Waals surface area contributed by atoms with E-state index in [1.165, 1.54) is 12.3 Å². The second kappa shape index (κ2) is 4.09. The maximum atomic E-state index is 10.9. The Bertz CT molecular complexity index is 587. The molecule has 0 atom stereocenters. The van der Waals surface area contributed by atoms with Gasteiger partial charge in [0.25, 0.3) is 0 Å². The quantitative estimate of drug-likeness (QED) is 0.573. The maximum absolute atomic E-state index is 10.9. The minimum absolute atomic E-state index is 0.170. The molecule has 6 N–H and O–H groups in total. The van der Waals surface area contributed by atoms with Gasteiger partial charge in [0.05, 0.1) is 17.0 Å². The molecule has 0 fully saturated rings. The number of rotatable bonds is 3. The van der Waals surface area contributed by atoms with E-state index in [0.717, 1.165) is 0 Å². The van der Waals surface area contributed by atoms with Gasteiger partial charge in [0, 0.05) is 18.0 Å². The highest BCUT2D eigenvalue weighted by atomic mass is 16.1. The third-order valence-electron chi connectivity index (χ3n) is 2.34. The number of aromatic nitrogens is 2. The van der Waals surface area contributed by atoms with Crippen LogP contribution in [0.15, 0.2) is 30.6 Å². The van der Waals surface area contributed by atoms with Gasteiger partial charge in [-0.15, -0.1) is 0 Å². The number of pyridine rings is 1. The molecular weight excluding hydrogens is 218 g/mol. The average molecular weight is 229 g/mol. The van der Waals surface area contributed by atoms with E-state index in [9.17, 15) is 4.79 Å².